The zero-order chi connectivity index (χ0) is 20.0. The van der Waals surface area contributed by atoms with Crippen LogP contribution in [0.4, 0.5) is 0 Å². The van der Waals surface area contributed by atoms with Gasteiger partial charge in [-0.05, 0) is 64.8 Å². The maximum Gasteiger partial charge on any atom is 0.194 e. The van der Waals surface area contributed by atoms with Crippen molar-refractivity contribution in [1.29, 1.82) is 0 Å². The lowest BCUT2D eigenvalue weighted by Gasteiger charge is -2.24. The number of fused-ring (bicyclic) bond motifs is 2. The molecule has 0 N–H and O–H groups in total. The van der Waals surface area contributed by atoms with E-state index in [1.54, 1.807) is 0 Å². The van der Waals surface area contributed by atoms with Gasteiger partial charge in [0.1, 0.15) is 0 Å². The third kappa shape index (κ3) is 2.82. The van der Waals surface area contributed by atoms with Gasteiger partial charge in [0.15, 0.2) is 5.78 Å². The molecule has 0 aromatic heterocycles. The molecule has 0 heterocycles. The van der Waals surface area contributed by atoms with E-state index < -0.39 is 0 Å². The Bertz CT molecular complexity index is 1170. The molecular formula is C28H22O. The van der Waals surface area contributed by atoms with E-state index in [0.717, 1.165) is 50.9 Å². The van der Waals surface area contributed by atoms with Crippen LogP contribution in [-0.4, -0.2) is 5.78 Å². The van der Waals surface area contributed by atoms with Gasteiger partial charge in [0, 0.05) is 11.1 Å². The number of carbonyl (C=O) groups is 1. The topological polar surface area (TPSA) is 17.1 Å². The molecule has 0 fully saturated rings. The van der Waals surface area contributed by atoms with Crippen LogP contribution in [0.2, 0.25) is 0 Å². The molecule has 1 nitrogen and oxygen atoms in total. The Balaban J connectivity index is 1.75. The van der Waals surface area contributed by atoms with Crippen LogP contribution in [0, 0.1) is 13.8 Å². The van der Waals surface area contributed by atoms with E-state index in [9.17, 15) is 4.79 Å². The molecule has 0 spiro atoms. The highest BCUT2D eigenvalue weighted by Crippen LogP contribution is 2.39. The smallest absolute Gasteiger partial charge is 0.194 e. The average molecular weight is 374 g/mol. The predicted octanol–water partition coefficient (Wildman–Crippen LogP) is 6.77. The van der Waals surface area contributed by atoms with Crippen molar-refractivity contribution >= 4 is 5.78 Å². The SMILES string of the molecule is Cc1ccccc1-c1cccc2c1C(=O)c1c(cccc1-c1ccccc1C)C2. The number of aryl methyl sites for hydroxylation is 2. The first-order chi connectivity index (χ1) is 14.1. The average Bonchev–Trinajstić information content (AvgIpc) is 2.74. The molecule has 0 radical (unpaired) electrons. The molecule has 0 unspecified atom stereocenters. The third-order valence-electron chi connectivity index (χ3n) is 6.01. The second-order valence-electron chi connectivity index (χ2n) is 7.82. The van der Waals surface area contributed by atoms with Gasteiger partial charge in [0.25, 0.3) is 0 Å². The first kappa shape index (κ1) is 17.6. The van der Waals surface area contributed by atoms with Crippen LogP contribution < -0.4 is 0 Å². The Morgan fingerprint density at radius 2 is 0.931 bits per heavy atom. The summed E-state index contributed by atoms with van der Waals surface area (Å²) in [6.45, 7) is 4.21. The highest BCUT2D eigenvalue weighted by atomic mass is 16.1. The maximum atomic E-state index is 13.9. The minimum atomic E-state index is 0.138. The summed E-state index contributed by atoms with van der Waals surface area (Å²) in [6.07, 6.45) is 0.788. The van der Waals surface area contributed by atoms with Gasteiger partial charge in [-0.3, -0.25) is 4.79 Å². The lowest BCUT2D eigenvalue weighted by Crippen LogP contribution is -2.18. The molecule has 0 aliphatic heterocycles. The van der Waals surface area contributed by atoms with Gasteiger partial charge in [0.2, 0.25) is 0 Å². The molecule has 1 heteroatoms. The maximum absolute atomic E-state index is 13.9. The van der Waals surface area contributed by atoms with Gasteiger partial charge in [-0.15, -0.1) is 0 Å². The summed E-state index contributed by atoms with van der Waals surface area (Å²) < 4.78 is 0. The van der Waals surface area contributed by atoms with Crippen LogP contribution in [-0.2, 0) is 6.42 Å². The molecule has 29 heavy (non-hydrogen) atoms. The second kappa shape index (κ2) is 6.86. The zero-order valence-corrected chi connectivity index (χ0v) is 16.7. The Labute approximate surface area is 171 Å². The fraction of sp³-hybridized carbons (Fsp3) is 0.107. The summed E-state index contributed by atoms with van der Waals surface area (Å²) in [6, 6.07) is 29.1. The van der Waals surface area contributed by atoms with Crippen LogP contribution in [0.3, 0.4) is 0 Å². The van der Waals surface area contributed by atoms with E-state index in [1.807, 2.05) is 24.3 Å². The summed E-state index contributed by atoms with van der Waals surface area (Å²) in [5, 5.41) is 0. The number of ketones is 1. The minimum Gasteiger partial charge on any atom is -0.289 e. The monoisotopic (exact) mass is 374 g/mol. The highest BCUT2D eigenvalue weighted by Gasteiger charge is 2.29. The van der Waals surface area contributed by atoms with Crippen molar-refractivity contribution in [2.45, 2.75) is 20.3 Å². The summed E-state index contributed by atoms with van der Waals surface area (Å²) in [5.74, 6) is 0.138. The van der Waals surface area contributed by atoms with Crippen molar-refractivity contribution in [3.8, 4) is 22.3 Å². The second-order valence-corrected chi connectivity index (χ2v) is 7.82. The Hall–Kier alpha value is -3.45. The van der Waals surface area contributed by atoms with Gasteiger partial charge in [-0.25, -0.2) is 0 Å². The predicted molar refractivity (Wildman–Crippen MR) is 119 cm³/mol. The summed E-state index contributed by atoms with van der Waals surface area (Å²) in [5.41, 5.74) is 10.7. The van der Waals surface area contributed by atoms with Crippen LogP contribution in [0.5, 0.6) is 0 Å². The van der Waals surface area contributed by atoms with Crippen molar-refractivity contribution in [3.63, 3.8) is 0 Å². The molecule has 0 amide bonds. The van der Waals surface area contributed by atoms with Crippen LogP contribution >= 0.6 is 0 Å². The van der Waals surface area contributed by atoms with Gasteiger partial charge >= 0.3 is 0 Å². The first-order valence-electron chi connectivity index (χ1n) is 10.1. The molecular weight excluding hydrogens is 352 g/mol. The Morgan fingerprint density at radius 3 is 1.38 bits per heavy atom. The van der Waals surface area contributed by atoms with Crippen LogP contribution in [0.1, 0.15) is 38.2 Å². The van der Waals surface area contributed by atoms with Crippen molar-refractivity contribution in [1.82, 2.24) is 0 Å². The fourth-order valence-corrected chi connectivity index (χ4v) is 4.56. The van der Waals surface area contributed by atoms with Gasteiger partial charge in [-0.2, -0.15) is 0 Å². The molecule has 5 rings (SSSR count). The summed E-state index contributed by atoms with van der Waals surface area (Å²) in [7, 11) is 0. The molecule has 0 saturated heterocycles. The molecule has 0 saturated carbocycles. The summed E-state index contributed by atoms with van der Waals surface area (Å²) in [4.78, 5) is 13.9. The molecule has 0 bridgehead atoms. The summed E-state index contributed by atoms with van der Waals surface area (Å²) >= 11 is 0. The molecule has 4 aromatic rings. The number of hydrogen-bond donors (Lipinski definition) is 0. The molecule has 4 aromatic carbocycles. The molecule has 1 aliphatic carbocycles. The fourth-order valence-electron chi connectivity index (χ4n) is 4.56. The van der Waals surface area contributed by atoms with Crippen molar-refractivity contribution in [2.75, 3.05) is 0 Å². The highest BCUT2D eigenvalue weighted by molar-refractivity contribution is 6.19. The number of carbonyl (C=O) groups excluding carboxylic acids is 1. The molecule has 0 atom stereocenters. The van der Waals surface area contributed by atoms with Gasteiger partial charge < -0.3 is 0 Å². The molecule has 140 valence electrons. The van der Waals surface area contributed by atoms with Gasteiger partial charge in [-0.1, -0.05) is 84.9 Å². The number of benzene rings is 4. The lowest BCUT2D eigenvalue weighted by molar-refractivity contribution is 0.103. The van der Waals surface area contributed by atoms with E-state index in [4.69, 9.17) is 0 Å². The van der Waals surface area contributed by atoms with Crippen molar-refractivity contribution in [2.24, 2.45) is 0 Å². The third-order valence-corrected chi connectivity index (χ3v) is 6.01. The van der Waals surface area contributed by atoms with Crippen molar-refractivity contribution in [3.05, 3.63) is 118 Å². The standard InChI is InChI=1S/C28H22O/c1-18-9-3-5-13-22(18)24-15-7-11-20-17-21-12-8-16-25(27(21)28(29)26(20)24)23-14-6-4-10-19(23)2/h3-16H,17H2,1-2H3. The largest absolute Gasteiger partial charge is 0.289 e. The van der Waals surface area contributed by atoms with E-state index in [0.29, 0.717) is 0 Å². The van der Waals surface area contributed by atoms with Crippen molar-refractivity contribution < 1.29 is 4.79 Å². The quantitative estimate of drug-likeness (QED) is 0.333. The van der Waals surface area contributed by atoms with Crippen LogP contribution in [0.25, 0.3) is 22.3 Å². The van der Waals surface area contributed by atoms with E-state index in [1.165, 1.54) is 11.1 Å². The Kier molecular flexibility index (Phi) is 4.17. The number of hydrogen-bond acceptors (Lipinski definition) is 1. The zero-order valence-electron chi connectivity index (χ0n) is 16.7. The molecule has 1 aliphatic rings. The van der Waals surface area contributed by atoms with Crippen LogP contribution in [0.15, 0.2) is 84.9 Å². The lowest BCUT2D eigenvalue weighted by atomic mass is 9.78. The van der Waals surface area contributed by atoms with E-state index in [2.05, 4.69) is 74.5 Å². The Morgan fingerprint density at radius 1 is 0.517 bits per heavy atom. The van der Waals surface area contributed by atoms with E-state index >= 15 is 0 Å². The minimum absolute atomic E-state index is 0.138. The van der Waals surface area contributed by atoms with E-state index in [-0.39, 0.29) is 5.78 Å². The normalized spacial score (nSPS) is 12.4. The first-order valence-corrected chi connectivity index (χ1v) is 10.1. The van der Waals surface area contributed by atoms with Gasteiger partial charge in [0.05, 0.1) is 0 Å². The number of rotatable bonds is 2.